The van der Waals surface area contributed by atoms with E-state index < -0.39 is 6.61 Å². The van der Waals surface area contributed by atoms with Gasteiger partial charge in [0.1, 0.15) is 5.75 Å². The molecule has 5 heteroatoms. The van der Waals surface area contributed by atoms with Crippen molar-refractivity contribution in [3.05, 3.63) is 28.8 Å². The third-order valence-corrected chi connectivity index (χ3v) is 2.07. The van der Waals surface area contributed by atoms with Gasteiger partial charge < -0.3 is 4.74 Å². The summed E-state index contributed by atoms with van der Waals surface area (Å²) in [6.07, 6.45) is 0.439. The number of aryl methyl sites for hydroxylation is 1. The van der Waals surface area contributed by atoms with Gasteiger partial charge in [0.05, 0.1) is 0 Å². The van der Waals surface area contributed by atoms with E-state index in [1.54, 1.807) is 0 Å². The van der Waals surface area contributed by atoms with Crippen LogP contribution in [0.3, 0.4) is 0 Å². The van der Waals surface area contributed by atoms with Crippen molar-refractivity contribution in [3.63, 3.8) is 0 Å². The van der Waals surface area contributed by atoms with Crippen molar-refractivity contribution < 1.29 is 23.1 Å². The van der Waals surface area contributed by atoms with Crippen LogP contribution in [0.4, 0.5) is 8.78 Å². The number of halogens is 2. The van der Waals surface area contributed by atoms with E-state index in [1.807, 2.05) is 0 Å². The fraction of sp³-hybridized carbons (Fsp3) is 0.273. The van der Waals surface area contributed by atoms with Crippen LogP contribution in [0.5, 0.6) is 5.75 Å². The number of carbonyl (C=O) groups is 2. The van der Waals surface area contributed by atoms with Gasteiger partial charge in [-0.1, -0.05) is 0 Å². The number of hydrogen-bond donors (Lipinski definition) is 0. The first-order valence-electron chi connectivity index (χ1n) is 4.51. The quantitative estimate of drug-likeness (QED) is 0.587. The van der Waals surface area contributed by atoms with Gasteiger partial charge in [-0.25, -0.2) is 0 Å². The summed E-state index contributed by atoms with van der Waals surface area (Å²) in [7, 11) is 0. The van der Waals surface area contributed by atoms with E-state index in [0.717, 1.165) is 6.07 Å². The highest BCUT2D eigenvalue weighted by molar-refractivity contribution is 6.01. The van der Waals surface area contributed by atoms with Crippen LogP contribution in [0, 0.1) is 6.92 Å². The maximum absolute atomic E-state index is 12.0. The predicted molar refractivity (Wildman–Crippen MR) is 53.2 cm³/mol. The summed E-state index contributed by atoms with van der Waals surface area (Å²) in [5.41, 5.74) is 0.638. The van der Waals surface area contributed by atoms with Crippen molar-refractivity contribution in [1.29, 1.82) is 0 Å². The smallest absolute Gasteiger partial charge is 0.387 e. The van der Waals surface area contributed by atoms with E-state index in [4.69, 9.17) is 0 Å². The standard InChI is InChI=1S/C11H10F2O3/c1-6-3-9(7(2)15)8(5-14)4-10(6)16-11(12)13/h3-5,11H,1-2H3. The van der Waals surface area contributed by atoms with E-state index >= 15 is 0 Å². The Morgan fingerprint density at radius 3 is 2.50 bits per heavy atom. The third kappa shape index (κ3) is 2.62. The van der Waals surface area contributed by atoms with Crippen molar-refractivity contribution in [2.45, 2.75) is 20.5 Å². The average molecular weight is 228 g/mol. The molecule has 0 saturated heterocycles. The first-order chi connectivity index (χ1) is 7.45. The van der Waals surface area contributed by atoms with Crippen LogP contribution in [0.25, 0.3) is 0 Å². The van der Waals surface area contributed by atoms with Crippen LogP contribution in [0.1, 0.15) is 33.2 Å². The summed E-state index contributed by atoms with van der Waals surface area (Å²) in [6.45, 7) is -0.130. The number of ether oxygens (including phenoxy) is 1. The molecule has 1 aromatic rings. The molecule has 0 saturated carbocycles. The normalized spacial score (nSPS) is 10.3. The minimum absolute atomic E-state index is 0.0498. The zero-order chi connectivity index (χ0) is 12.3. The van der Waals surface area contributed by atoms with Gasteiger partial charge >= 0.3 is 6.61 Å². The largest absolute Gasteiger partial charge is 0.435 e. The zero-order valence-electron chi connectivity index (χ0n) is 8.79. The molecule has 0 bridgehead atoms. The van der Waals surface area contributed by atoms with E-state index in [2.05, 4.69) is 4.74 Å². The van der Waals surface area contributed by atoms with Gasteiger partial charge in [0, 0.05) is 11.1 Å². The van der Waals surface area contributed by atoms with Gasteiger partial charge in [-0.3, -0.25) is 9.59 Å². The second kappa shape index (κ2) is 4.83. The van der Waals surface area contributed by atoms with Crippen LogP contribution in [0.2, 0.25) is 0 Å². The summed E-state index contributed by atoms with van der Waals surface area (Å²) in [4.78, 5) is 21.8. The lowest BCUT2D eigenvalue weighted by Crippen LogP contribution is -2.06. The second-order valence-electron chi connectivity index (χ2n) is 3.26. The molecule has 0 N–H and O–H groups in total. The fourth-order valence-corrected chi connectivity index (χ4v) is 1.33. The number of ketones is 1. The SMILES string of the molecule is CC(=O)c1cc(C)c(OC(F)F)cc1C=O. The van der Waals surface area contributed by atoms with E-state index in [0.29, 0.717) is 11.8 Å². The van der Waals surface area contributed by atoms with Crippen LogP contribution in [0.15, 0.2) is 12.1 Å². The Labute approximate surface area is 91.0 Å². The molecule has 0 aliphatic heterocycles. The molecule has 0 heterocycles. The lowest BCUT2D eigenvalue weighted by Gasteiger charge is -2.10. The fourth-order valence-electron chi connectivity index (χ4n) is 1.33. The molecular weight excluding hydrogens is 218 g/mol. The third-order valence-electron chi connectivity index (χ3n) is 2.07. The maximum atomic E-state index is 12.0. The Hall–Kier alpha value is -1.78. The number of hydrogen-bond acceptors (Lipinski definition) is 3. The van der Waals surface area contributed by atoms with Gasteiger partial charge in [-0.15, -0.1) is 0 Å². The van der Waals surface area contributed by atoms with Crippen LogP contribution < -0.4 is 4.74 Å². The molecule has 1 rings (SSSR count). The Bertz CT molecular complexity index is 427. The Balaban J connectivity index is 3.25. The molecule has 86 valence electrons. The Morgan fingerprint density at radius 2 is 2.06 bits per heavy atom. The summed E-state index contributed by atoms with van der Waals surface area (Å²) in [5.74, 6) is -0.393. The van der Waals surface area contributed by atoms with Gasteiger partial charge in [0.25, 0.3) is 0 Å². The molecule has 1 aromatic carbocycles. The van der Waals surface area contributed by atoms with Crippen LogP contribution >= 0.6 is 0 Å². The molecular formula is C11H10F2O3. The summed E-state index contributed by atoms with van der Waals surface area (Å²) < 4.78 is 28.3. The first-order valence-corrected chi connectivity index (χ1v) is 4.51. The highest BCUT2D eigenvalue weighted by Crippen LogP contribution is 2.24. The van der Waals surface area contributed by atoms with Crippen molar-refractivity contribution in [2.75, 3.05) is 0 Å². The molecule has 0 fully saturated rings. The zero-order valence-corrected chi connectivity index (χ0v) is 8.79. The van der Waals surface area contributed by atoms with Crippen molar-refractivity contribution in [2.24, 2.45) is 0 Å². The van der Waals surface area contributed by atoms with Crippen molar-refractivity contribution in [1.82, 2.24) is 0 Å². The monoisotopic (exact) mass is 228 g/mol. The van der Waals surface area contributed by atoms with Crippen LogP contribution in [-0.4, -0.2) is 18.7 Å². The Morgan fingerprint density at radius 1 is 1.44 bits per heavy atom. The number of Topliss-reactive ketones (excluding diaryl/α,β-unsaturated/α-hetero) is 1. The topological polar surface area (TPSA) is 43.4 Å². The number of alkyl halides is 2. The molecule has 3 nitrogen and oxygen atoms in total. The lowest BCUT2D eigenvalue weighted by atomic mass is 10.0. The predicted octanol–water partition coefficient (Wildman–Crippen LogP) is 2.61. The molecule has 0 aromatic heterocycles. The second-order valence-corrected chi connectivity index (χ2v) is 3.26. The molecule has 0 unspecified atom stereocenters. The van der Waals surface area contributed by atoms with Crippen molar-refractivity contribution in [3.8, 4) is 5.75 Å². The minimum atomic E-state index is -2.96. The summed E-state index contributed by atoms with van der Waals surface area (Å²) in [6, 6.07) is 2.51. The van der Waals surface area contributed by atoms with E-state index in [-0.39, 0.29) is 22.7 Å². The molecule has 0 radical (unpaired) electrons. The van der Waals surface area contributed by atoms with Gasteiger partial charge in [0.15, 0.2) is 12.1 Å². The van der Waals surface area contributed by atoms with Crippen LogP contribution in [-0.2, 0) is 0 Å². The summed E-state index contributed by atoms with van der Waals surface area (Å²) >= 11 is 0. The Kier molecular flexibility index (Phi) is 3.71. The summed E-state index contributed by atoms with van der Waals surface area (Å²) in [5, 5.41) is 0. The van der Waals surface area contributed by atoms with Crippen molar-refractivity contribution >= 4 is 12.1 Å². The highest BCUT2D eigenvalue weighted by atomic mass is 19.3. The first kappa shape index (κ1) is 12.3. The number of carbonyl (C=O) groups excluding carboxylic acids is 2. The molecule has 0 spiro atoms. The minimum Gasteiger partial charge on any atom is -0.435 e. The molecule has 0 aliphatic rings. The van der Waals surface area contributed by atoms with Gasteiger partial charge in [-0.2, -0.15) is 8.78 Å². The van der Waals surface area contributed by atoms with Gasteiger partial charge in [-0.05, 0) is 31.5 Å². The molecule has 0 amide bonds. The average Bonchev–Trinajstić information content (AvgIpc) is 2.19. The molecule has 16 heavy (non-hydrogen) atoms. The number of aldehydes is 1. The maximum Gasteiger partial charge on any atom is 0.387 e. The number of rotatable bonds is 4. The lowest BCUT2D eigenvalue weighted by molar-refractivity contribution is -0.0503. The van der Waals surface area contributed by atoms with E-state index in [9.17, 15) is 18.4 Å². The highest BCUT2D eigenvalue weighted by Gasteiger charge is 2.13. The molecule has 0 aliphatic carbocycles. The van der Waals surface area contributed by atoms with Gasteiger partial charge in [0.2, 0.25) is 0 Å². The number of benzene rings is 1. The molecule has 0 atom stereocenters. The van der Waals surface area contributed by atoms with E-state index in [1.165, 1.54) is 19.9 Å².